The van der Waals surface area contributed by atoms with Crippen LogP contribution in [0.1, 0.15) is 28.8 Å². The monoisotopic (exact) mass is 204 g/mol. The van der Waals surface area contributed by atoms with Gasteiger partial charge in [-0.2, -0.15) is 0 Å². The summed E-state index contributed by atoms with van der Waals surface area (Å²) in [5.41, 5.74) is 1.80. The predicted molar refractivity (Wildman–Crippen MR) is 58.9 cm³/mol. The van der Waals surface area contributed by atoms with Gasteiger partial charge < -0.3 is 5.32 Å². The van der Waals surface area contributed by atoms with Gasteiger partial charge >= 0.3 is 0 Å². The average Bonchev–Trinajstić information content (AvgIpc) is 2.70. The summed E-state index contributed by atoms with van der Waals surface area (Å²) in [4.78, 5) is 15.9. The minimum absolute atomic E-state index is 0.222. The topological polar surface area (TPSA) is 42.0 Å². The minimum Gasteiger partial charge on any atom is -0.316 e. The average molecular weight is 204 g/mol. The number of carbonyl (C=O) groups is 1. The van der Waals surface area contributed by atoms with E-state index in [1.54, 1.807) is 12.4 Å². The molecule has 1 aliphatic rings. The number of nitrogens with zero attached hydrogens (tertiary/aromatic N) is 1. The Morgan fingerprint density at radius 3 is 3.13 bits per heavy atom. The van der Waals surface area contributed by atoms with E-state index in [9.17, 15) is 4.79 Å². The van der Waals surface area contributed by atoms with Crippen LogP contribution < -0.4 is 5.32 Å². The van der Waals surface area contributed by atoms with Crippen molar-refractivity contribution in [3.8, 4) is 0 Å². The molecule has 3 nitrogen and oxygen atoms in total. The number of aromatic nitrogens is 1. The lowest BCUT2D eigenvalue weighted by Crippen LogP contribution is -2.13. The van der Waals surface area contributed by atoms with Crippen molar-refractivity contribution in [3.63, 3.8) is 0 Å². The van der Waals surface area contributed by atoms with Crippen LogP contribution in [-0.4, -0.2) is 23.9 Å². The van der Waals surface area contributed by atoms with E-state index in [1.165, 1.54) is 0 Å². The maximum atomic E-state index is 11.9. The van der Waals surface area contributed by atoms with E-state index in [-0.39, 0.29) is 5.78 Å². The molecular weight excluding hydrogens is 188 g/mol. The fourth-order valence-electron chi connectivity index (χ4n) is 1.98. The van der Waals surface area contributed by atoms with Crippen LogP contribution in [0.4, 0.5) is 0 Å². The Bertz CT molecular complexity index is 356. The summed E-state index contributed by atoms with van der Waals surface area (Å²) < 4.78 is 0. The molecule has 1 aliphatic heterocycles. The van der Waals surface area contributed by atoms with Gasteiger partial charge in [-0.05, 0) is 44.0 Å². The zero-order valence-electron chi connectivity index (χ0n) is 8.99. The molecule has 2 rings (SSSR count). The highest BCUT2D eigenvalue weighted by Gasteiger charge is 2.18. The molecule has 0 aromatic carbocycles. The zero-order valence-corrected chi connectivity index (χ0v) is 8.99. The van der Waals surface area contributed by atoms with Gasteiger partial charge in [0.25, 0.3) is 0 Å². The Morgan fingerprint density at radius 2 is 2.47 bits per heavy atom. The lowest BCUT2D eigenvalue weighted by atomic mass is 9.98. The highest BCUT2D eigenvalue weighted by atomic mass is 16.1. The zero-order chi connectivity index (χ0) is 10.7. The molecule has 0 saturated carbocycles. The predicted octanol–water partition coefficient (Wildman–Crippen LogP) is 1.57. The minimum atomic E-state index is 0.222. The Labute approximate surface area is 89.9 Å². The fraction of sp³-hybridized carbons (Fsp3) is 0.500. The lowest BCUT2D eigenvalue weighted by molar-refractivity contribution is 0.0964. The smallest absolute Gasteiger partial charge is 0.164 e. The van der Waals surface area contributed by atoms with Crippen molar-refractivity contribution in [1.29, 1.82) is 0 Å². The molecule has 0 bridgehead atoms. The molecule has 0 amide bonds. The van der Waals surface area contributed by atoms with Crippen LogP contribution in [0.5, 0.6) is 0 Å². The van der Waals surface area contributed by atoms with Crippen LogP contribution in [0.15, 0.2) is 18.5 Å². The maximum absolute atomic E-state index is 11.9. The van der Waals surface area contributed by atoms with Crippen LogP contribution >= 0.6 is 0 Å². The molecule has 1 saturated heterocycles. The van der Waals surface area contributed by atoms with E-state index in [2.05, 4.69) is 10.3 Å². The van der Waals surface area contributed by atoms with Crippen molar-refractivity contribution >= 4 is 5.78 Å². The van der Waals surface area contributed by atoms with Gasteiger partial charge in [0.2, 0.25) is 0 Å². The Morgan fingerprint density at radius 1 is 1.60 bits per heavy atom. The largest absolute Gasteiger partial charge is 0.316 e. The molecule has 80 valence electrons. The molecule has 3 heteroatoms. The summed E-state index contributed by atoms with van der Waals surface area (Å²) in [5, 5.41) is 3.27. The van der Waals surface area contributed by atoms with E-state index in [4.69, 9.17) is 0 Å². The van der Waals surface area contributed by atoms with Gasteiger partial charge in [0.05, 0.1) is 0 Å². The number of pyridine rings is 1. The summed E-state index contributed by atoms with van der Waals surface area (Å²) in [6.45, 7) is 3.98. The Hall–Kier alpha value is -1.22. The van der Waals surface area contributed by atoms with E-state index in [1.807, 2.05) is 13.0 Å². The number of hydrogen-bond donors (Lipinski definition) is 1. The first-order chi connectivity index (χ1) is 7.25. The molecule has 1 fully saturated rings. The molecule has 1 aromatic heterocycles. The van der Waals surface area contributed by atoms with Gasteiger partial charge in [0.1, 0.15) is 0 Å². The van der Waals surface area contributed by atoms with Crippen molar-refractivity contribution < 1.29 is 4.79 Å². The third-order valence-corrected chi connectivity index (χ3v) is 2.83. The second-order valence-corrected chi connectivity index (χ2v) is 4.24. The number of Topliss-reactive ketones (excluding diaryl/α,β-unsaturated/α-hetero) is 1. The van der Waals surface area contributed by atoms with Gasteiger partial charge in [0.15, 0.2) is 5.78 Å². The highest BCUT2D eigenvalue weighted by Crippen LogP contribution is 2.16. The standard InChI is InChI=1S/C12H16N2O/c1-9-4-11(8-14-6-9)12(15)5-10-2-3-13-7-10/h4,6,8,10,13H,2-3,5,7H2,1H3. The van der Waals surface area contributed by atoms with Crippen LogP contribution in [0.25, 0.3) is 0 Å². The van der Waals surface area contributed by atoms with Crippen LogP contribution in [0.2, 0.25) is 0 Å². The highest BCUT2D eigenvalue weighted by molar-refractivity contribution is 5.96. The molecule has 0 spiro atoms. The van der Waals surface area contributed by atoms with Gasteiger partial charge in [-0.3, -0.25) is 9.78 Å². The SMILES string of the molecule is Cc1cncc(C(=O)CC2CCNC2)c1. The Kier molecular flexibility index (Phi) is 3.11. The first kappa shape index (κ1) is 10.3. The lowest BCUT2D eigenvalue weighted by Gasteiger charge is -2.06. The van der Waals surface area contributed by atoms with E-state index >= 15 is 0 Å². The summed E-state index contributed by atoms with van der Waals surface area (Å²) in [6.07, 6.45) is 5.20. The first-order valence-corrected chi connectivity index (χ1v) is 5.41. The van der Waals surface area contributed by atoms with Crippen molar-refractivity contribution in [1.82, 2.24) is 10.3 Å². The molecule has 1 N–H and O–H groups in total. The quantitative estimate of drug-likeness (QED) is 0.760. The molecular formula is C12H16N2O. The third-order valence-electron chi connectivity index (χ3n) is 2.83. The van der Waals surface area contributed by atoms with Crippen molar-refractivity contribution in [2.45, 2.75) is 19.8 Å². The molecule has 2 heterocycles. The summed E-state index contributed by atoms with van der Waals surface area (Å²) in [6, 6.07) is 1.91. The van der Waals surface area contributed by atoms with E-state index in [0.29, 0.717) is 12.3 Å². The summed E-state index contributed by atoms with van der Waals surface area (Å²) >= 11 is 0. The fourth-order valence-corrected chi connectivity index (χ4v) is 1.98. The van der Waals surface area contributed by atoms with Crippen molar-refractivity contribution in [2.24, 2.45) is 5.92 Å². The first-order valence-electron chi connectivity index (χ1n) is 5.41. The number of hydrogen-bond acceptors (Lipinski definition) is 3. The summed E-state index contributed by atoms with van der Waals surface area (Å²) in [5.74, 6) is 0.734. The van der Waals surface area contributed by atoms with Gasteiger partial charge in [-0.15, -0.1) is 0 Å². The summed E-state index contributed by atoms with van der Waals surface area (Å²) in [7, 11) is 0. The molecule has 15 heavy (non-hydrogen) atoms. The van der Waals surface area contributed by atoms with Crippen molar-refractivity contribution in [3.05, 3.63) is 29.6 Å². The normalized spacial score (nSPS) is 20.5. The van der Waals surface area contributed by atoms with Gasteiger partial charge in [-0.1, -0.05) is 0 Å². The third kappa shape index (κ3) is 2.63. The molecule has 1 unspecified atom stereocenters. The van der Waals surface area contributed by atoms with Crippen LogP contribution in [0.3, 0.4) is 0 Å². The maximum Gasteiger partial charge on any atom is 0.164 e. The van der Waals surface area contributed by atoms with Crippen molar-refractivity contribution in [2.75, 3.05) is 13.1 Å². The van der Waals surface area contributed by atoms with Crippen LogP contribution in [0, 0.1) is 12.8 Å². The van der Waals surface area contributed by atoms with Crippen LogP contribution in [-0.2, 0) is 0 Å². The number of rotatable bonds is 3. The second kappa shape index (κ2) is 4.53. The number of carbonyl (C=O) groups excluding carboxylic acids is 1. The number of aryl methyl sites for hydroxylation is 1. The molecule has 1 atom stereocenters. The van der Waals surface area contributed by atoms with E-state index in [0.717, 1.165) is 30.6 Å². The van der Waals surface area contributed by atoms with E-state index < -0.39 is 0 Å². The number of nitrogens with one attached hydrogen (secondary N) is 1. The van der Waals surface area contributed by atoms with Gasteiger partial charge in [-0.25, -0.2) is 0 Å². The Balaban J connectivity index is 2.01. The molecule has 0 aliphatic carbocycles. The van der Waals surface area contributed by atoms with Gasteiger partial charge in [0, 0.05) is 24.4 Å². The molecule has 0 radical (unpaired) electrons. The second-order valence-electron chi connectivity index (χ2n) is 4.24. The number of ketones is 1. The molecule has 1 aromatic rings.